The minimum atomic E-state index is -1.12. The number of hydrogen-bond acceptors (Lipinski definition) is 1. The molecule has 0 spiro atoms. The molecule has 0 N–H and O–H groups in total. The average Bonchev–Trinajstić information content (AvgIpc) is 2.01. The molecule has 0 radical (unpaired) electrons. The van der Waals surface area contributed by atoms with Crippen LogP contribution in [0, 0.1) is 5.92 Å². The van der Waals surface area contributed by atoms with Gasteiger partial charge in [0.25, 0.3) is 0 Å². The summed E-state index contributed by atoms with van der Waals surface area (Å²) in [7, 11) is -1.12. The fraction of sp³-hybridized carbons (Fsp3) is 0.727. The SMILES string of the molecule is C=CC1CC(=O)C[C@@H]([Si](C)(C)C)C1. The summed E-state index contributed by atoms with van der Waals surface area (Å²) in [6, 6.07) is 0. The van der Waals surface area contributed by atoms with Gasteiger partial charge in [0, 0.05) is 20.9 Å². The Morgan fingerprint density at radius 2 is 2.00 bits per heavy atom. The fourth-order valence-corrected chi connectivity index (χ4v) is 3.87. The van der Waals surface area contributed by atoms with Crippen molar-refractivity contribution in [1.29, 1.82) is 0 Å². The third-order valence-electron chi connectivity index (χ3n) is 3.11. The van der Waals surface area contributed by atoms with Crippen LogP contribution in [0.5, 0.6) is 0 Å². The number of Topliss-reactive ketones (excluding diaryl/α,β-unsaturated/α-hetero) is 1. The lowest BCUT2D eigenvalue weighted by Crippen LogP contribution is -2.34. The van der Waals surface area contributed by atoms with E-state index in [1.165, 1.54) is 6.42 Å². The molecule has 0 aromatic heterocycles. The molecular formula is C11H20OSi. The fourth-order valence-electron chi connectivity index (χ4n) is 2.02. The van der Waals surface area contributed by atoms with Crippen molar-refractivity contribution in [3.05, 3.63) is 12.7 Å². The summed E-state index contributed by atoms with van der Waals surface area (Å²) in [5.74, 6) is 0.904. The molecule has 2 heteroatoms. The smallest absolute Gasteiger partial charge is 0.133 e. The highest BCUT2D eigenvalue weighted by atomic mass is 28.3. The Balaban J connectivity index is 2.67. The largest absolute Gasteiger partial charge is 0.300 e. The Morgan fingerprint density at radius 1 is 1.38 bits per heavy atom. The first-order valence-electron chi connectivity index (χ1n) is 5.07. The molecule has 0 heterocycles. The van der Waals surface area contributed by atoms with Crippen molar-refractivity contribution in [2.75, 3.05) is 0 Å². The molecule has 74 valence electrons. The maximum absolute atomic E-state index is 11.5. The number of carbonyl (C=O) groups is 1. The summed E-state index contributed by atoms with van der Waals surface area (Å²) in [5, 5.41) is 0. The number of hydrogen-bond donors (Lipinski definition) is 0. The average molecular weight is 196 g/mol. The Labute approximate surface area is 82.2 Å². The van der Waals surface area contributed by atoms with Crippen LogP contribution < -0.4 is 0 Å². The molecule has 2 atom stereocenters. The van der Waals surface area contributed by atoms with Gasteiger partial charge in [0.05, 0.1) is 0 Å². The highest BCUT2D eigenvalue weighted by Crippen LogP contribution is 2.38. The van der Waals surface area contributed by atoms with Crippen LogP contribution in [0.2, 0.25) is 25.2 Å². The number of carbonyl (C=O) groups excluding carboxylic acids is 1. The van der Waals surface area contributed by atoms with Crippen molar-refractivity contribution in [3.8, 4) is 0 Å². The first-order chi connectivity index (χ1) is 5.93. The maximum atomic E-state index is 11.5. The van der Waals surface area contributed by atoms with Crippen molar-refractivity contribution in [2.24, 2.45) is 5.92 Å². The predicted molar refractivity (Wildman–Crippen MR) is 59.6 cm³/mol. The van der Waals surface area contributed by atoms with Crippen LogP contribution in [-0.2, 0) is 4.79 Å². The van der Waals surface area contributed by atoms with Gasteiger partial charge in [0.2, 0.25) is 0 Å². The predicted octanol–water partition coefficient (Wildman–Crippen LogP) is 3.25. The van der Waals surface area contributed by atoms with Crippen LogP contribution in [0.25, 0.3) is 0 Å². The maximum Gasteiger partial charge on any atom is 0.133 e. The van der Waals surface area contributed by atoms with Crippen molar-refractivity contribution < 1.29 is 4.79 Å². The van der Waals surface area contributed by atoms with E-state index >= 15 is 0 Å². The highest BCUT2D eigenvalue weighted by Gasteiger charge is 2.34. The summed E-state index contributed by atoms with van der Waals surface area (Å²) in [4.78, 5) is 11.5. The lowest BCUT2D eigenvalue weighted by Gasteiger charge is -2.34. The van der Waals surface area contributed by atoms with Gasteiger partial charge in [-0.2, -0.15) is 0 Å². The van der Waals surface area contributed by atoms with Gasteiger partial charge in [-0.25, -0.2) is 0 Å². The van der Waals surface area contributed by atoms with Crippen LogP contribution in [0.3, 0.4) is 0 Å². The molecule has 13 heavy (non-hydrogen) atoms. The zero-order valence-corrected chi connectivity index (χ0v) is 9.97. The summed E-state index contributed by atoms with van der Waals surface area (Å²) >= 11 is 0. The monoisotopic (exact) mass is 196 g/mol. The van der Waals surface area contributed by atoms with Crippen molar-refractivity contribution in [2.45, 2.75) is 44.4 Å². The molecule has 0 aromatic carbocycles. The lowest BCUT2D eigenvalue weighted by molar-refractivity contribution is -0.121. The molecule has 1 rings (SSSR count). The third kappa shape index (κ3) is 2.80. The van der Waals surface area contributed by atoms with Crippen LogP contribution in [0.4, 0.5) is 0 Å². The summed E-state index contributed by atoms with van der Waals surface area (Å²) in [6.07, 6.45) is 4.74. The van der Waals surface area contributed by atoms with Gasteiger partial charge in [-0.1, -0.05) is 25.7 Å². The topological polar surface area (TPSA) is 17.1 Å². The van der Waals surface area contributed by atoms with Gasteiger partial charge in [-0.3, -0.25) is 4.79 Å². The van der Waals surface area contributed by atoms with E-state index < -0.39 is 8.07 Å². The molecule has 1 aliphatic carbocycles. The Bertz CT molecular complexity index is 215. The normalized spacial score (nSPS) is 30.2. The Kier molecular flexibility index (Phi) is 3.12. The van der Waals surface area contributed by atoms with E-state index in [2.05, 4.69) is 26.2 Å². The van der Waals surface area contributed by atoms with E-state index in [4.69, 9.17) is 0 Å². The summed E-state index contributed by atoms with van der Waals surface area (Å²) < 4.78 is 0. The molecule has 1 saturated carbocycles. The summed E-state index contributed by atoms with van der Waals surface area (Å²) in [5.41, 5.74) is 0.678. The number of allylic oxidation sites excluding steroid dienone is 1. The zero-order chi connectivity index (χ0) is 10.1. The van der Waals surface area contributed by atoms with E-state index in [1.807, 2.05) is 6.08 Å². The molecular weight excluding hydrogens is 176 g/mol. The second-order valence-corrected chi connectivity index (χ2v) is 10.8. The minimum absolute atomic E-state index is 0.448. The van der Waals surface area contributed by atoms with Crippen LogP contribution in [-0.4, -0.2) is 13.9 Å². The second kappa shape index (κ2) is 3.78. The molecule has 0 aromatic rings. The highest BCUT2D eigenvalue weighted by molar-refractivity contribution is 6.77. The van der Waals surface area contributed by atoms with Gasteiger partial charge in [0.1, 0.15) is 5.78 Å². The second-order valence-electron chi connectivity index (χ2n) is 5.24. The van der Waals surface area contributed by atoms with Crippen molar-refractivity contribution >= 4 is 13.9 Å². The molecule has 1 fully saturated rings. The molecule has 1 nitrogen and oxygen atoms in total. The van der Waals surface area contributed by atoms with Crippen LogP contribution >= 0.6 is 0 Å². The lowest BCUT2D eigenvalue weighted by atomic mass is 9.88. The standard InChI is InChI=1S/C11H20OSi/c1-5-9-6-10(12)8-11(7-9)13(2,3)4/h5,9,11H,1,6-8H2,2-4H3/t9?,11-/m0/s1. The van der Waals surface area contributed by atoms with Gasteiger partial charge in [0.15, 0.2) is 0 Å². The van der Waals surface area contributed by atoms with E-state index in [9.17, 15) is 4.79 Å². The molecule has 0 aliphatic heterocycles. The third-order valence-corrected chi connectivity index (χ3v) is 6.00. The quantitative estimate of drug-likeness (QED) is 0.489. The van der Waals surface area contributed by atoms with Gasteiger partial charge < -0.3 is 0 Å². The van der Waals surface area contributed by atoms with E-state index in [0.29, 0.717) is 17.2 Å². The van der Waals surface area contributed by atoms with Crippen LogP contribution in [0.1, 0.15) is 19.3 Å². The summed E-state index contributed by atoms with van der Waals surface area (Å²) in [6.45, 7) is 10.9. The minimum Gasteiger partial charge on any atom is -0.300 e. The molecule has 0 amide bonds. The first kappa shape index (κ1) is 10.7. The van der Waals surface area contributed by atoms with Crippen molar-refractivity contribution in [1.82, 2.24) is 0 Å². The Hall–Kier alpha value is -0.373. The van der Waals surface area contributed by atoms with Gasteiger partial charge in [-0.05, 0) is 17.9 Å². The van der Waals surface area contributed by atoms with Gasteiger partial charge >= 0.3 is 0 Å². The first-order valence-corrected chi connectivity index (χ1v) is 8.65. The molecule has 1 unspecified atom stereocenters. The zero-order valence-electron chi connectivity index (χ0n) is 8.97. The van der Waals surface area contributed by atoms with Gasteiger partial charge in [-0.15, -0.1) is 6.58 Å². The van der Waals surface area contributed by atoms with E-state index in [0.717, 1.165) is 12.8 Å². The van der Waals surface area contributed by atoms with Crippen molar-refractivity contribution in [3.63, 3.8) is 0 Å². The number of ketones is 1. The number of rotatable bonds is 2. The Morgan fingerprint density at radius 3 is 2.46 bits per heavy atom. The van der Waals surface area contributed by atoms with E-state index in [-0.39, 0.29) is 0 Å². The molecule has 0 saturated heterocycles. The molecule has 0 bridgehead atoms. The van der Waals surface area contributed by atoms with Crippen LogP contribution in [0.15, 0.2) is 12.7 Å². The van der Waals surface area contributed by atoms with E-state index in [1.54, 1.807) is 0 Å². The molecule has 1 aliphatic rings.